The van der Waals surface area contributed by atoms with Crippen LogP contribution in [0.4, 0.5) is 5.69 Å². The minimum Gasteiger partial charge on any atom is -0.492 e. The number of nitrogens with one attached hydrogen (secondary N) is 1. The topological polar surface area (TPSA) is 96.0 Å². The van der Waals surface area contributed by atoms with Gasteiger partial charge in [-0.3, -0.25) is 13.9 Å². The van der Waals surface area contributed by atoms with Gasteiger partial charge >= 0.3 is 0 Å². The first-order chi connectivity index (χ1) is 17.9. The second kappa shape index (κ2) is 14.6. The molecule has 0 aliphatic heterocycles. The number of benzene rings is 2. The molecule has 11 heteroatoms. The van der Waals surface area contributed by atoms with E-state index in [-0.39, 0.29) is 43.8 Å². The molecule has 38 heavy (non-hydrogen) atoms. The van der Waals surface area contributed by atoms with E-state index in [9.17, 15) is 18.0 Å². The molecule has 2 rings (SSSR count). The van der Waals surface area contributed by atoms with Crippen LogP contribution in [0.1, 0.15) is 52.5 Å². The van der Waals surface area contributed by atoms with Gasteiger partial charge in [0, 0.05) is 25.6 Å². The van der Waals surface area contributed by atoms with Crippen molar-refractivity contribution in [2.45, 2.75) is 65.6 Å². The third-order valence-electron chi connectivity index (χ3n) is 6.09. The zero-order valence-electron chi connectivity index (χ0n) is 22.5. The minimum absolute atomic E-state index is 0.0328. The fraction of sp³-hybridized carbons (Fsp3) is 0.481. The number of carbonyl (C=O) groups is 2. The molecule has 0 unspecified atom stereocenters. The Morgan fingerprint density at radius 2 is 1.74 bits per heavy atom. The smallest absolute Gasteiger partial charge is 0.242 e. The molecule has 2 amide bonds. The quantitative estimate of drug-likeness (QED) is 0.326. The van der Waals surface area contributed by atoms with Crippen molar-refractivity contribution in [3.8, 4) is 5.75 Å². The lowest BCUT2D eigenvalue weighted by Gasteiger charge is -2.30. The van der Waals surface area contributed by atoms with Crippen LogP contribution >= 0.6 is 23.2 Å². The molecule has 0 aromatic heterocycles. The number of para-hydroxylation sites is 2. The average molecular weight is 587 g/mol. The van der Waals surface area contributed by atoms with Gasteiger partial charge in [-0.2, -0.15) is 0 Å². The maximum absolute atomic E-state index is 13.4. The number of ether oxygens (including phenoxy) is 1. The van der Waals surface area contributed by atoms with Crippen LogP contribution in [-0.2, 0) is 26.2 Å². The Bertz CT molecular complexity index is 1210. The molecular formula is C27H37Cl2N3O5S. The Kier molecular flexibility index (Phi) is 12.2. The van der Waals surface area contributed by atoms with Gasteiger partial charge in [-0.25, -0.2) is 8.42 Å². The molecule has 1 N–H and O–H groups in total. The van der Waals surface area contributed by atoms with Crippen molar-refractivity contribution in [3.05, 3.63) is 58.1 Å². The van der Waals surface area contributed by atoms with E-state index in [2.05, 4.69) is 5.32 Å². The van der Waals surface area contributed by atoms with E-state index in [1.54, 1.807) is 49.4 Å². The summed E-state index contributed by atoms with van der Waals surface area (Å²) in [5, 5.41) is 3.67. The lowest BCUT2D eigenvalue weighted by molar-refractivity contribution is -0.140. The van der Waals surface area contributed by atoms with Gasteiger partial charge in [0.1, 0.15) is 11.8 Å². The van der Waals surface area contributed by atoms with E-state index in [0.717, 1.165) is 18.2 Å². The highest BCUT2D eigenvalue weighted by atomic mass is 35.5. The molecule has 2 aromatic carbocycles. The van der Waals surface area contributed by atoms with Gasteiger partial charge in [0.25, 0.3) is 0 Å². The molecule has 0 bridgehead atoms. The van der Waals surface area contributed by atoms with Crippen LogP contribution in [0.25, 0.3) is 0 Å². The molecule has 0 radical (unpaired) electrons. The first kappa shape index (κ1) is 31.7. The highest BCUT2D eigenvalue weighted by Crippen LogP contribution is 2.30. The highest BCUT2D eigenvalue weighted by molar-refractivity contribution is 7.92. The van der Waals surface area contributed by atoms with E-state index in [1.807, 2.05) is 20.8 Å². The van der Waals surface area contributed by atoms with E-state index in [4.69, 9.17) is 27.9 Å². The summed E-state index contributed by atoms with van der Waals surface area (Å²) < 4.78 is 32.1. The van der Waals surface area contributed by atoms with Gasteiger partial charge in [-0.1, -0.05) is 48.3 Å². The van der Waals surface area contributed by atoms with Gasteiger partial charge in [0.2, 0.25) is 21.8 Å². The Morgan fingerprint density at radius 1 is 1.05 bits per heavy atom. The Morgan fingerprint density at radius 3 is 2.34 bits per heavy atom. The van der Waals surface area contributed by atoms with Crippen LogP contribution in [0, 0.1) is 0 Å². The summed E-state index contributed by atoms with van der Waals surface area (Å²) in [6.45, 7) is 7.96. The van der Waals surface area contributed by atoms with Crippen molar-refractivity contribution in [2.75, 3.05) is 23.7 Å². The first-order valence-electron chi connectivity index (χ1n) is 12.6. The van der Waals surface area contributed by atoms with Crippen molar-refractivity contribution in [2.24, 2.45) is 0 Å². The molecule has 8 nitrogen and oxygen atoms in total. The summed E-state index contributed by atoms with van der Waals surface area (Å²) >= 11 is 12.2. The van der Waals surface area contributed by atoms with Crippen molar-refractivity contribution in [1.29, 1.82) is 0 Å². The van der Waals surface area contributed by atoms with E-state index < -0.39 is 16.1 Å². The van der Waals surface area contributed by atoms with Crippen LogP contribution in [0.2, 0.25) is 10.0 Å². The second-order valence-electron chi connectivity index (χ2n) is 9.10. The third-order valence-corrected chi connectivity index (χ3v) is 8.01. The van der Waals surface area contributed by atoms with Crippen molar-refractivity contribution in [1.82, 2.24) is 10.2 Å². The number of carbonyl (C=O) groups excluding carboxylic acids is 2. The largest absolute Gasteiger partial charge is 0.492 e. The normalized spacial score (nSPS) is 12.9. The Balaban J connectivity index is 2.24. The van der Waals surface area contributed by atoms with Crippen LogP contribution < -0.4 is 14.4 Å². The minimum atomic E-state index is -3.64. The number of hydrogen-bond acceptors (Lipinski definition) is 5. The molecule has 210 valence electrons. The third kappa shape index (κ3) is 9.06. The number of halogens is 2. The van der Waals surface area contributed by atoms with E-state index >= 15 is 0 Å². The number of rotatable bonds is 14. The van der Waals surface area contributed by atoms with Crippen LogP contribution in [0.5, 0.6) is 5.75 Å². The van der Waals surface area contributed by atoms with Crippen LogP contribution in [0.3, 0.4) is 0 Å². The van der Waals surface area contributed by atoms with Gasteiger partial charge in [-0.15, -0.1) is 0 Å². The van der Waals surface area contributed by atoms with Crippen molar-refractivity contribution >= 4 is 50.7 Å². The number of nitrogens with zero attached hydrogens (tertiary/aromatic N) is 2. The number of hydrogen-bond donors (Lipinski definition) is 1. The lowest BCUT2D eigenvalue weighted by atomic mass is 10.1. The molecular weight excluding hydrogens is 549 g/mol. The molecule has 0 fully saturated rings. The fourth-order valence-electron chi connectivity index (χ4n) is 3.81. The maximum atomic E-state index is 13.4. The summed E-state index contributed by atoms with van der Waals surface area (Å²) in [6.07, 6.45) is 2.15. The SMILES string of the molecule is CCOc1ccccc1N(CCCC(=O)N(Cc1ccc(Cl)c(Cl)c1)[C@H](C)C(=O)N[C@H](C)CC)S(C)(=O)=O. The first-order valence-corrected chi connectivity index (χ1v) is 15.2. The van der Waals surface area contributed by atoms with E-state index in [0.29, 0.717) is 28.1 Å². The Hall–Kier alpha value is -2.49. The Labute approximate surface area is 236 Å². The molecule has 0 aliphatic carbocycles. The summed E-state index contributed by atoms with van der Waals surface area (Å²) in [6, 6.07) is 11.2. The molecule has 0 aliphatic rings. The number of sulfonamides is 1. The number of anilines is 1. The monoisotopic (exact) mass is 585 g/mol. The van der Waals surface area contributed by atoms with Crippen molar-refractivity contribution in [3.63, 3.8) is 0 Å². The average Bonchev–Trinajstić information content (AvgIpc) is 2.86. The predicted octanol–water partition coefficient (Wildman–Crippen LogP) is 5.27. The standard InChI is InChI=1S/C27H37Cl2N3O5S/c1-6-19(3)30-27(34)20(4)31(18-21-14-15-22(28)23(29)17-21)26(33)13-10-16-32(38(5,35)36)24-11-8-9-12-25(24)37-7-2/h8-9,11-12,14-15,17,19-20H,6-7,10,13,16,18H2,1-5H3,(H,30,34)/t19-,20-/m1/s1. The maximum Gasteiger partial charge on any atom is 0.242 e. The fourth-order valence-corrected chi connectivity index (χ4v) is 5.10. The summed E-state index contributed by atoms with van der Waals surface area (Å²) in [7, 11) is -3.64. The molecule has 0 spiro atoms. The van der Waals surface area contributed by atoms with Gasteiger partial charge < -0.3 is 15.0 Å². The molecule has 0 saturated carbocycles. The predicted molar refractivity (Wildman–Crippen MR) is 153 cm³/mol. The summed E-state index contributed by atoms with van der Waals surface area (Å²) in [5.41, 5.74) is 1.14. The van der Waals surface area contributed by atoms with Crippen LogP contribution in [0.15, 0.2) is 42.5 Å². The van der Waals surface area contributed by atoms with Crippen molar-refractivity contribution < 1.29 is 22.7 Å². The highest BCUT2D eigenvalue weighted by Gasteiger charge is 2.28. The van der Waals surface area contributed by atoms with E-state index in [1.165, 1.54) is 9.21 Å². The summed E-state index contributed by atoms with van der Waals surface area (Å²) in [4.78, 5) is 27.8. The molecule has 0 saturated heterocycles. The van der Waals surface area contributed by atoms with Gasteiger partial charge in [0.15, 0.2) is 0 Å². The van der Waals surface area contributed by atoms with Gasteiger partial charge in [-0.05, 0) is 63.4 Å². The number of amides is 2. The zero-order valence-corrected chi connectivity index (χ0v) is 24.9. The molecule has 2 aromatic rings. The van der Waals surface area contributed by atoms with Gasteiger partial charge in [0.05, 0.1) is 28.6 Å². The zero-order chi connectivity index (χ0) is 28.5. The summed E-state index contributed by atoms with van der Waals surface area (Å²) in [5.74, 6) is -0.103. The second-order valence-corrected chi connectivity index (χ2v) is 11.8. The van der Waals surface area contributed by atoms with Crippen LogP contribution in [-0.4, -0.2) is 56.6 Å². The lowest BCUT2D eigenvalue weighted by Crippen LogP contribution is -2.49. The molecule has 0 heterocycles. The molecule has 2 atom stereocenters.